The van der Waals surface area contributed by atoms with Gasteiger partial charge in [-0.25, -0.2) is 4.98 Å². The first-order valence-corrected chi connectivity index (χ1v) is 9.01. The highest BCUT2D eigenvalue weighted by Gasteiger charge is 2.20. The van der Waals surface area contributed by atoms with E-state index >= 15 is 0 Å². The van der Waals surface area contributed by atoms with Crippen molar-refractivity contribution in [3.05, 3.63) is 64.0 Å². The van der Waals surface area contributed by atoms with Gasteiger partial charge in [0.15, 0.2) is 4.96 Å². The van der Waals surface area contributed by atoms with Gasteiger partial charge in [-0.1, -0.05) is 18.2 Å². The van der Waals surface area contributed by atoms with Crippen LogP contribution in [0.3, 0.4) is 0 Å². The van der Waals surface area contributed by atoms with Crippen LogP contribution in [0.5, 0.6) is 0 Å². The Bertz CT molecular complexity index is 869. The van der Waals surface area contributed by atoms with Crippen molar-refractivity contribution >= 4 is 22.0 Å². The zero-order chi connectivity index (χ0) is 16.4. The Labute approximate surface area is 144 Å². The van der Waals surface area contributed by atoms with Crippen LogP contribution in [0.4, 0.5) is 5.69 Å². The molecule has 1 atom stereocenters. The third-order valence-corrected chi connectivity index (χ3v) is 5.09. The molecular formula is C18H19N3O2S. The maximum absolute atomic E-state index is 12.2. The van der Waals surface area contributed by atoms with E-state index in [9.17, 15) is 4.79 Å². The molecule has 5 nitrogen and oxygen atoms in total. The van der Waals surface area contributed by atoms with Crippen LogP contribution in [-0.2, 0) is 11.3 Å². The van der Waals surface area contributed by atoms with Crippen LogP contribution in [0.25, 0.3) is 4.96 Å². The van der Waals surface area contributed by atoms with E-state index < -0.39 is 0 Å². The summed E-state index contributed by atoms with van der Waals surface area (Å²) < 4.78 is 7.11. The summed E-state index contributed by atoms with van der Waals surface area (Å²) in [5.41, 5.74) is 1.94. The number of hydrogen-bond acceptors (Lipinski definition) is 5. The van der Waals surface area contributed by atoms with Gasteiger partial charge >= 0.3 is 0 Å². The summed E-state index contributed by atoms with van der Waals surface area (Å²) in [5, 5.41) is 1.89. The zero-order valence-corrected chi connectivity index (χ0v) is 14.1. The van der Waals surface area contributed by atoms with Crippen molar-refractivity contribution in [1.82, 2.24) is 9.38 Å². The maximum Gasteiger partial charge on any atom is 0.258 e. The zero-order valence-electron chi connectivity index (χ0n) is 13.3. The summed E-state index contributed by atoms with van der Waals surface area (Å²) in [5.74, 6) is 0.525. The van der Waals surface area contributed by atoms with Crippen molar-refractivity contribution in [2.45, 2.75) is 13.0 Å². The first-order chi connectivity index (χ1) is 11.8. The van der Waals surface area contributed by atoms with E-state index in [1.165, 1.54) is 11.3 Å². The topological polar surface area (TPSA) is 46.8 Å². The summed E-state index contributed by atoms with van der Waals surface area (Å²) in [6.07, 6.45) is 2.85. The molecule has 1 saturated heterocycles. The second-order valence-corrected chi connectivity index (χ2v) is 6.96. The number of ether oxygens (including phenoxy) is 1. The molecule has 1 aliphatic rings. The Kier molecular flexibility index (Phi) is 4.32. The smallest absolute Gasteiger partial charge is 0.258 e. The molecule has 0 aliphatic carbocycles. The van der Waals surface area contributed by atoms with Crippen molar-refractivity contribution in [3.63, 3.8) is 0 Å². The van der Waals surface area contributed by atoms with Gasteiger partial charge in [-0.2, -0.15) is 0 Å². The number of para-hydroxylation sites is 1. The number of thiazole rings is 1. The lowest BCUT2D eigenvalue weighted by molar-refractivity contribution is 0.186. The van der Waals surface area contributed by atoms with Gasteiger partial charge in [-0.05, 0) is 18.6 Å². The van der Waals surface area contributed by atoms with Crippen molar-refractivity contribution < 1.29 is 4.74 Å². The minimum Gasteiger partial charge on any atom is -0.381 e. The molecule has 1 aromatic carbocycles. The van der Waals surface area contributed by atoms with Gasteiger partial charge in [0.05, 0.1) is 18.8 Å². The molecule has 0 spiro atoms. The Balaban J connectivity index is 1.63. The molecule has 0 unspecified atom stereocenters. The van der Waals surface area contributed by atoms with Crippen LogP contribution in [0.15, 0.2) is 52.8 Å². The molecule has 3 heterocycles. The molecule has 0 saturated carbocycles. The number of rotatable bonds is 5. The van der Waals surface area contributed by atoms with Crippen LogP contribution >= 0.6 is 11.3 Å². The SMILES string of the molecule is O=c1cc(CN(C[C@@H]2CCOC2)c2ccccc2)nc2sccn12. The van der Waals surface area contributed by atoms with Gasteiger partial charge in [0.1, 0.15) is 0 Å². The molecular weight excluding hydrogens is 322 g/mol. The fourth-order valence-electron chi connectivity index (χ4n) is 3.10. The number of aromatic nitrogens is 2. The summed E-state index contributed by atoms with van der Waals surface area (Å²) in [4.78, 5) is 19.9. The average molecular weight is 341 g/mol. The molecule has 4 rings (SSSR count). The van der Waals surface area contributed by atoms with Crippen molar-refractivity contribution in [3.8, 4) is 0 Å². The van der Waals surface area contributed by atoms with Gasteiger partial charge in [0.2, 0.25) is 0 Å². The Hall–Kier alpha value is -2.18. The van der Waals surface area contributed by atoms with Crippen LogP contribution < -0.4 is 10.5 Å². The molecule has 6 heteroatoms. The summed E-state index contributed by atoms with van der Waals surface area (Å²) >= 11 is 1.48. The van der Waals surface area contributed by atoms with Crippen LogP contribution in [0.2, 0.25) is 0 Å². The third-order valence-electron chi connectivity index (χ3n) is 4.33. The third kappa shape index (κ3) is 3.20. The van der Waals surface area contributed by atoms with Gasteiger partial charge in [-0.15, -0.1) is 11.3 Å². The molecule has 0 N–H and O–H groups in total. The van der Waals surface area contributed by atoms with E-state index in [-0.39, 0.29) is 5.56 Å². The highest BCUT2D eigenvalue weighted by molar-refractivity contribution is 7.15. The Morgan fingerprint density at radius 2 is 2.21 bits per heavy atom. The number of fused-ring (bicyclic) bond motifs is 1. The Morgan fingerprint density at radius 3 is 3.00 bits per heavy atom. The fourth-order valence-corrected chi connectivity index (χ4v) is 3.84. The lowest BCUT2D eigenvalue weighted by Gasteiger charge is -2.27. The van der Waals surface area contributed by atoms with Gasteiger partial charge in [0, 0.05) is 42.4 Å². The van der Waals surface area contributed by atoms with E-state index in [1.54, 1.807) is 16.7 Å². The van der Waals surface area contributed by atoms with Crippen molar-refractivity contribution in [1.29, 1.82) is 0 Å². The number of hydrogen-bond donors (Lipinski definition) is 0. The van der Waals surface area contributed by atoms with E-state index in [1.807, 2.05) is 23.6 Å². The molecule has 3 aromatic rings. The van der Waals surface area contributed by atoms with Crippen LogP contribution in [0.1, 0.15) is 12.1 Å². The van der Waals surface area contributed by atoms with Gasteiger partial charge in [0.25, 0.3) is 5.56 Å². The number of anilines is 1. The minimum absolute atomic E-state index is 0.0199. The van der Waals surface area contributed by atoms with Crippen LogP contribution in [-0.4, -0.2) is 29.1 Å². The highest BCUT2D eigenvalue weighted by Crippen LogP contribution is 2.21. The van der Waals surface area contributed by atoms with Gasteiger partial charge in [-0.3, -0.25) is 9.20 Å². The maximum atomic E-state index is 12.2. The Morgan fingerprint density at radius 1 is 1.33 bits per heavy atom. The van der Waals surface area contributed by atoms with E-state index in [2.05, 4.69) is 22.0 Å². The lowest BCUT2D eigenvalue weighted by atomic mass is 10.1. The van der Waals surface area contributed by atoms with Crippen molar-refractivity contribution in [2.24, 2.45) is 5.92 Å². The number of benzene rings is 1. The van der Waals surface area contributed by atoms with E-state index in [0.717, 1.165) is 42.5 Å². The molecule has 0 bridgehead atoms. The first kappa shape index (κ1) is 15.4. The number of nitrogens with zero attached hydrogens (tertiary/aromatic N) is 3. The minimum atomic E-state index is -0.0199. The normalized spacial score (nSPS) is 17.4. The monoisotopic (exact) mass is 341 g/mol. The fraction of sp³-hybridized carbons (Fsp3) is 0.333. The molecule has 1 fully saturated rings. The van der Waals surface area contributed by atoms with E-state index in [4.69, 9.17) is 4.74 Å². The molecule has 124 valence electrons. The summed E-state index contributed by atoms with van der Waals surface area (Å²) in [6, 6.07) is 11.9. The average Bonchev–Trinajstić information content (AvgIpc) is 3.27. The molecule has 0 amide bonds. The molecule has 1 aliphatic heterocycles. The van der Waals surface area contributed by atoms with Crippen molar-refractivity contribution in [2.75, 3.05) is 24.7 Å². The second kappa shape index (κ2) is 6.75. The van der Waals surface area contributed by atoms with E-state index in [0.29, 0.717) is 12.5 Å². The highest BCUT2D eigenvalue weighted by atomic mass is 32.1. The molecule has 2 aromatic heterocycles. The first-order valence-electron chi connectivity index (χ1n) is 8.13. The quantitative estimate of drug-likeness (QED) is 0.716. The predicted molar refractivity (Wildman–Crippen MR) is 95.8 cm³/mol. The standard InChI is InChI=1S/C18H19N3O2S/c22-17-10-15(19-18-21(17)7-9-24-18)12-20(11-14-6-8-23-13-14)16-4-2-1-3-5-16/h1-5,7,9-10,14H,6,8,11-13H2/t14-/m0/s1. The predicted octanol–water partition coefficient (Wildman–Crippen LogP) is 2.80. The summed E-state index contributed by atoms with van der Waals surface area (Å²) in [6.45, 7) is 3.19. The largest absolute Gasteiger partial charge is 0.381 e. The van der Waals surface area contributed by atoms with Crippen LogP contribution in [0, 0.1) is 5.92 Å². The second-order valence-electron chi connectivity index (χ2n) is 6.09. The molecule has 0 radical (unpaired) electrons. The lowest BCUT2D eigenvalue weighted by Crippen LogP contribution is -2.30. The van der Waals surface area contributed by atoms with Gasteiger partial charge < -0.3 is 9.64 Å². The summed E-state index contributed by atoms with van der Waals surface area (Å²) in [7, 11) is 0. The molecule has 24 heavy (non-hydrogen) atoms.